The number of carbonyl (C=O) groups is 1. The van der Waals surface area contributed by atoms with E-state index in [0.29, 0.717) is 6.42 Å². The van der Waals surface area contributed by atoms with Gasteiger partial charge in [-0.2, -0.15) is 0 Å². The van der Waals surface area contributed by atoms with Crippen LogP contribution >= 0.6 is 0 Å². The summed E-state index contributed by atoms with van der Waals surface area (Å²) in [4.78, 5) is 11.8. The summed E-state index contributed by atoms with van der Waals surface area (Å²) >= 11 is 0. The van der Waals surface area contributed by atoms with Crippen LogP contribution in [0.5, 0.6) is 0 Å². The molecule has 3 N–H and O–H groups in total. The lowest BCUT2D eigenvalue weighted by Gasteiger charge is -2.13. The number of carbonyl (C=O) groups excluding carboxylic acids is 1. The highest BCUT2D eigenvalue weighted by Crippen LogP contribution is 2.12. The zero-order valence-electron chi connectivity index (χ0n) is 12.0. The maximum Gasteiger partial charge on any atom is 0.319 e. The zero-order valence-corrected chi connectivity index (χ0v) is 12.0. The maximum absolute atomic E-state index is 11.8. The molecule has 2 rings (SSSR count). The fourth-order valence-corrected chi connectivity index (χ4v) is 2.05. The lowest BCUT2D eigenvalue weighted by Crippen LogP contribution is -2.36. The van der Waals surface area contributed by atoms with Gasteiger partial charge in [0.05, 0.1) is 6.10 Å². The highest BCUT2D eigenvalue weighted by molar-refractivity contribution is 5.89. The number of anilines is 1. The van der Waals surface area contributed by atoms with E-state index in [1.807, 2.05) is 61.5 Å². The van der Waals surface area contributed by atoms with Crippen molar-refractivity contribution in [3.63, 3.8) is 0 Å². The second kappa shape index (κ2) is 7.45. The molecule has 0 radical (unpaired) electrons. The van der Waals surface area contributed by atoms with Crippen molar-refractivity contribution in [1.82, 2.24) is 5.32 Å². The largest absolute Gasteiger partial charge is 0.391 e. The molecule has 2 aromatic rings. The molecule has 0 spiro atoms. The van der Waals surface area contributed by atoms with Gasteiger partial charge in [0.2, 0.25) is 0 Å². The summed E-state index contributed by atoms with van der Waals surface area (Å²) in [5.74, 6) is 0. The third-order valence-corrected chi connectivity index (χ3v) is 3.21. The molecule has 0 heterocycles. The number of hydrogen-bond acceptors (Lipinski definition) is 2. The molecule has 0 saturated heterocycles. The van der Waals surface area contributed by atoms with E-state index in [0.717, 1.165) is 16.8 Å². The van der Waals surface area contributed by atoms with Crippen molar-refractivity contribution in [2.24, 2.45) is 0 Å². The number of para-hydroxylation sites is 1. The Balaban J connectivity index is 1.77. The fraction of sp³-hybridized carbons (Fsp3) is 0.235. The van der Waals surface area contributed by atoms with Gasteiger partial charge in [0.15, 0.2) is 0 Å². The summed E-state index contributed by atoms with van der Waals surface area (Å²) < 4.78 is 0. The first kappa shape index (κ1) is 15.1. The fourth-order valence-electron chi connectivity index (χ4n) is 2.05. The summed E-state index contributed by atoms with van der Waals surface area (Å²) in [6.45, 7) is 2.15. The van der Waals surface area contributed by atoms with Crippen molar-refractivity contribution >= 4 is 11.7 Å². The number of benzene rings is 2. The molecule has 21 heavy (non-hydrogen) atoms. The van der Waals surface area contributed by atoms with E-state index in [1.54, 1.807) is 0 Å². The van der Waals surface area contributed by atoms with Gasteiger partial charge >= 0.3 is 6.03 Å². The van der Waals surface area contributed by atoms with Gasteiger partial charge in [0.25, 0.3) is 0 Å². The number of aliphatic hydroxyl groups excluding tert-OH is 1. The maximum atomic E-state index is 11.8. The van der Waals surface area contributed by atoms with Crippen LogP contribution in [0.3, 0.4) is 0 Å². The topological polar surface area (TPSA) is 61.4 Å². The quantitative estimate of drug-likeness (QED) is 0.790. The van der Waals surface area contributed by atoms with Crippen molar-refractivity contribution in [2.45, 2.75) is 19.4 Å². The summed E-state index contributed by atoms with van der Waals surface area (Å²) in [7, 11) is 0. The zero-order chi connectivity index (χ0) is 15.1. The number of aliphatic hydroxyl groups is 1. The Morgan fingerprint density at radius 3 is 2.48 bits per heavy atom. The van der Waals surface area contributed by atoms with E-state index >= 15 is 0 Å². The first-order valence-corrected chi connectivity index (χ1v) is 6.97. The molecule has 110 valence electrons. The first-order valence-electron chi connectivity index (χ1n) is 6.97. The smallest absolute Gasteiger partial charge is 0.319 e. The molecule has 1 atom stereocenters. The highest BCUT2D eigenvalue weighted by Gasteiger charge is 2.08. The molecule has 0 fully saturated rings. The average Bonchev–Trinajstić information content (AvgIpc) is 2.49. The third-order valence-electron chi connectivity index (χ3n) is 3.21. The first-order chi connectivity index (χ1) is 10.1. The Kier molecular flexibility index (Phi) is 5.35. The predicted molar refractivity (Wildman–Crippen MR) is 84.4 cm³/mol. The van der Waals surface area contributed by atoms with Gasteiger partial charge in [-0.1, -0.05) is 48.5 Å². The van der Waals surface area contributed by atoms with Crippen LogP contribution in [0, 0.1) is 6.92 Å². The molecule has 0 bridgehead atoms. The second-order valence-electron chi connectivity index (χ2n) is 4.99. The molecule has 2 amide bonds. The summed E-state index contributed by atoms with van der Waals surface area (Å²) in [5, 5.41) is 15.4. The number of aryl methyl sites for hydroxylation is 1. The summed E-state index contributed by atoms with van der Waals surface area (Å²) in [5.41, 5.74) is 2.82. The Bertz CT molecular complexity index is 584. The van der Waals surface area contributed by atoms with Crippen LogP contribution in [0.25, 0.3) is 0 Å². The van der Waals surface area contributed by atoms with Crippen LogP contribution < -0.4 is 10.6 Å². The minimum absolute atomic E-state index is 0.215. The van der Waals surface area contributed by atoms with E-state index in [1.165, 1.54) is 0 Å². The van der Waals surface area contributed by atoms with Crippen LogP contribution in [-0.2, 0) is 6.42 Å². The Hall–Kier alpha value is -2.33. The number of nitrogens with one attached hydrogen (secondary N) is 2. The van der Waals surface area contributed by atoms with Crippen LogP contribution in [0.2, 0.25) is 0 Å². The van der Waals surface area contributed by atoms with Gasteiger partial charge in [-0.05, 0) is 24.1 Å². The summed E-state index contributed by atoms with van der Waals surface area (Å²) in [6, 6.07) is 17.0. The molecule has 4 heteroatoms. The van der Waals surface area contributed by atoms with Crippen molar-refractivity contribution in [1.29, 1.82) is 0 Å². The number of amides is 2. The molecular weight excluding hydrogens is 264 g/mol. The van der Waals surface area contributed by atoms with E-state index in [4.69, 9.17) is 0 Å². The molecular formula is C17H20N2O2. The minimum Gasteiger partial charge on any atom is -0.391 e. The normalized spacial score (nSPS) is 11.7. The molecule has 0 aliphatic heterocycles. The van der Waals surface area contributed by atoms with Crippen molar-refractivity contribution in [2.75, 3.05) is 11.9 Å². The third kappa shape index (κ3) is 4.93. The van der Waals surface area contributed by atoms with E-state index in [9.17, 15) is 9.90 Å². The second-order valence-corrected chi connectivity index (χ2v) is 4.99. The predicted octanol–water partition coefficient (Wildman–Crippen LogP) is 2.72. The standard InChI is InChI=1S/C17H20N2O2/c1-13-7-5-6-10-16(13)19-17(21)18-12-15(20)11-14-8-3-2-4-9-14/h2-10,15,20H,11-12H2,1H3,(H2,18,19,21). The minimum atomic E-state index is -0.602. The molecule has 0 saturated carbocycles. The van der Waals surface area contributed by atoms with Crippen molar-refractivity contribution < 1.29 is 9.90 Å². The Morgan fingerprint density at radius 1 is 1.10 bits per heavy atom. The van der Waals surface area contributed by atoms with E-state index in [2.05, 4.69) is 10.6 Å². The molecule has 0 aromatic heterocycles. The molecule has 1 unspecified atom stereocenters. The van der Waals surface area contributed by atoms with Gasteiger partial charge < -0.3 is 15.7 Å². The van der Waals surface area contributed by atoms with Gasteiger partial charge in [-0.15, -0.1) is 0 Å². The van der Waals surface area contributed by atoms with Crippen LogP contribution in [0.4, 0.5) is 10.5 Å². The SMILES string of the molecule is Cc1ccccc1NC(=O)NCC(O)Cc1ccccc1. The van der Waals surface area contributed by atoms with Gasteiger partial charge in [-0.3, -0.25) is 0 Å². The van der Waals surface area contributed by atoms with Crippen molar-refractivity contribution in [3.8, 4) is 0 Å². The lowest BCUT2D eigenvalue weighted by atomic mass is 10.1. The lowest BCUT2D eigenvalue weighted by molar-refractivity contribution is 0.172. The Morgan fingerprint density at radius 2 is 1.76 bits per heavy atom. The average molecular weight is 284 g/mol. The van der Waals surface area contributed by atoms with E-state index in [-0.39, 0.29) is 12.6 Å². The van der Waals surface area contributed by atoms with Crippen LogP contribution in [0.15, 0.2) is 54.6 Å². The Labute approximate surface area is 124 Å². The highest BCUT2D eigenvalue weighted by atomic mass is 16.3. The van der Waals surface area contributed by atoms with Crippen LogP contribution in [0.1, 0.15) is 11.1 Å². The number of hydrogen-bond donors (Lipinski definition) is 3. The van der Waals surface area contributed by atoms with Gasteiger partial charge in [-0.25, -0.2) is 4.79 Å². The molecule has 0 aliphatic rings. The molecule has 4 nitrogen and oxygen atoms in total. The van der Waals surface area contributed by atoms with Gasteiger partial charge in [0, 0.05) is 18.7 Å². The monoisotopic (exact) mass is 284 g/mol. The summed E-state index contributed by atoms with van der Waals surface area (Å²) in [6.07, 6.45) is -0.0825. The number of urea groups is 1. The van der Waals surface area contributed by atoms with Gasteiger partial charge in [0.1, 0.15) is 0 Å². The molecule has 0 aliphatic carbocycles. The van der Waals surface area contributed by atoms with Crippen molar-refractivity contribution in [3.05, 3.63) is 65.7 Å². The van der Waals surface area contributed by atoms with Crippen LogP contribution in [-0.4, -0.2) is 23.8 Å². The number of rotatable bonds is 5. The van der Waals surface area contributed by atoms with E-state index < -0.39 is 6.10 Å². The molecule has 2 aromatic carbocycles.